The lowest BCUT2D eigenvalue weighted by atomic mass is 10.0. The van der Waals surface area contributed by atoms with Gasteiger partial charge in [-0.05, 0) is 17.7 Å². The lowest BCUT2D eigenvalue weighted by Crippen LogP contribution is -2.17. The summed E-state index contributed by atoms with van der Waals surface area (Å²) in [6, 6.07) is 5.24. The van der Waals surface area contributed by atoms with Crippen LogP contribution in [0.15, 0.2) is 36.4 Å². The van der Waals surface area contributed by atoms with Crippen LogP contribution in [0.4, 0.5) is 4.39 Å². The molecule has 0 saturated heterocycles. The summed E-state index contributed by atoms with van der Waals surface area (Å²) >= 11 is 0. The number of rotatable bonds is 4. The molecule has 96 valence electrons. The molecular weight excluding hydrogens is 239 g/mol. The maximum Gasteiger partial charge on any atom is 0.337 e. The minimum Gasteiger partial charge on any atom is -0.466 e. The molecule has 1 aromatic rings. The van der Waals surface area contributed by atoms with Gasteiger partial charge in [0.25, 0.3) is 0 Å². The monoisotopic (exact) mass is 252 g/mol. The largest absolute Gasteiger partial charge is 0.466 e. The summed E-state index contributed by atoms with van der Waals surface area (Å²) in [6.07, 6.45) is -0.976. The number of benzene rings is 1. The fraction of sp³-hybridized carbons (Fsp3) is 0.231. The van der Waals surface area contributed by atoms with E-state index >= 15 is 0 Å². The minimum atomic E-state index is -0.976. The van der Waals surface area contributed by atoms with Crippen LogP contribution in [0.5, 0.6) is 0 Å². The Balaban J connectivity index is 3.05. The zero-order valence-electron chi connectivity index (χ0n) is 10.1. The molecule has 1 aromatic carbocycles. The van der Waals surface area contributed by atoms with E-state index in [4.69, 9.17) is 4.74 Å². The smallest absolute Gasteiger partial charge is 0.337 e. The number of hydrogen-bond acceptors (Lipinski definition) is 4. The van der Waals surface area contributed by atoms with E-state index in [0.717, 1.165) is 0 Å². The van der Waals surface area contributed by atoms with Gasteiger partial charge in [-0.2, -0.15) is 0 Å². The van der Waals surface area contributed by atoms with Crippen molar-refractivity contribution in [3.63, 3.8) is 0 Å². The van der Waals surface area contributed by atoms with Crippen LogP contribution in [0.2, 0.25) is 0 Å². The summed E-state index contributed by atoms with van der Waals surface area (Å²) in [6.45, 7) is 4.74. The molecule has 0 fully saturated rings. The van der Waals surface area contributed by atoms with Crippen LogP contribution in [0.25, 0.3) is 0 Å². The van der Waals surface area contributed by atoms with Crippen molar-refractivity contribution in [1.29, 1.82) is 0 Å². The molecule has 0 aliphatic heterocycles. The van der Waals surface area contributed by atoms with Gasteiger partial charge in [0.1, 0.15) is 5.82 Å². The van der Waals surface area contributed by atoms with E-state index in [-0.39, 0.29) is 5.57 Å². The van der Waals surface area contributed by atoms with E-state index in [1.54, 1.807) is 0 Å². The lowest BCUT2D eigenvalue weighted by molar-refractivity contribution is -0.147. The van der Waals surface area contributed by atoms with Crippen molar-refractivity contribution in [1.82, 2.24) is 0 Å². The number of carbonyl (C=O) groups is 2. The van der Waals surface area contributed by atoms with Gasteiger partial charge in [0.05, 0.1) is 12.7 Å². The second-order valence-corrected chi connectivity index (χ2v) is 3.56. The minimum absolute atomic E-state index is 0.0284. The van der Waals surface area contributed by atoms with Crippen molar-refractivity contribution < 1.29 is 23.5 Å². The summed E-state index contributed by atoms with van der Waals surface area (Å²) in [5, 5.41) is 0. The highest BCUT2D eigenvalue weighted by Gasteiger charge is 2.24. The van der Waals surface area contributed by atoms with Gasteiger partial charge in [0.2, 0.25) is 0 Å². The van der Waals surface area contributed by atoms with Crippen LogP contribution in [0.1, 0.15) is 18.6 Å². The van der Waals surface area contributed by atoms with Crippen molar-refractivity contribution in [3.05, 3.63) is 47.8 Å². The second-order valence-electron chi connectivity index (χ2n) is 3.56. The van der Waals surface area contributed by atoms with Gasteiger partial charge in [-0.15, -0.1) is 0 Å². The molecule has 0 radical (unpaired) electrons. The van der Waals surface area contributed by atoms with E-state index in [0.29, 0.717) is 5.56 Å². The third kappa shape index (κ3) is 3.41. The molecule has 18 heavy (non-hydrogen) atoms. The molecule has 0 N–H and O–H groups in total. The van der Waals surface area contributed by atoms with Gasteiger partial charge >= 0.3 is 11.9 Å². The van der Waals surface area contributed by atoms with E-state index < -0.39 is 23.9 Å². The summed E-state index contributed by atoms with van der Waals surface area (Å²) in [5.74, 6) is -1.69. The molecule has 1 unspecified atom stereocenters. The zero-order valence-corrected chi connectivity index (χ0v) is 10.1. The maximum absolute atomic E-state index is 12.8. The Kier molecular flexibility index (Phi) is 4.59. The van der Waals surface area contributed by atoms with Crippen molar-refractivity contribution in [2.24, 2.45) is 0 Å². The van der Waals surface area contributed by atoms with Gasteiger partial charge in [-0.3, -0.25) is 4.79 Å². The Labute approximate surface area is 104 Å². The summed E-state index contributed by atoms with van der Waals surface area (Å²) in [7, 11) is 1.20. The lowest BCUT2D eigenvalue weighted by Gasteiger charge is -2.18. The fourth-order valence-electron chi connectivity index (χ4n) is 1.38. The Bertz CT molecular complexity index is 464. The van der Waals surface area contributed by atoms with Gasteiger partial charge in [-0.25, -0.2) is 9.18 Å². The molecule has 1 atom stereocenters. The predicted molar refractivity (Wildman–Crippen MR) is 62.1 cm³/mol. The first-order chi connectivity index (χ1) is 8.45. The average Bonchev–Trinajstić information content (AvgIpc) is 2.35. The first-order valence-corrected chi connectivity index (χ1v) is 5.15. The number of carbonyl (C=O) groups excluding carboxylic acids is 2. The Morgan fingerprint density at radius 2 is 1.83 bits per heavy atom. The molecular formula is C13H13FO4. The van der Waals surface area contributed by atoms with Crippen molar-refractivity contribution in [3.8, 4) is 0 Å². The number of ether oxygens (including phenoxy) is 2. The van der Waals surface area contributed by atoms with Gasteiger partial charge in [-0.1, -0.05) is 18.7 Å². The number of esters is 2. The molecule has 0 aliphatic carbocycles. The molecule has 0 spiro atoms. The molecule has 0 bridgehead atoms. The SMILES string of the molecule is C=C(C(=O)OC)C(OC(C)=O)c1ccc(F)cc1. The summed E-state index contributed by atoms with van der Waals surface area (Å²) in [5.41, 5.74) is 0.418. The van der Waals surface area contributed by atoms with Crippen LogP contribution in [0.3, 0.4) is 0 Å². The zero-order chi connectivity index (χ0) is 13.7. The van der Waals surface area contributed by atoms with Crippen LogP contribution in [0, 0.1) is 5.82 Å². The molecule has 0 heterocycles. The van der Waals surface area contributed by atoms with Crippen molar-refractivity contribution >= 4 is 11.9 Å². The third-order valence-electron chi connectivity index (χ3n) is 2.22. The third-order valence-corrected chi connectivity index (χ3v) is 2.22. The molecule has 0 aromatic heterocycles. The van der Waals surface area contributed by atoms with E-state index in [2.05, 4.69) is 11.3 Å². The van der Waals surface area contributed by atoms with Crippen LogP contribution in [-0.2, 0) is 19.1 Å². The number of halogens is 1. The second kappa shape index (κ2) is 5.95. The van der Waals surface area contributed by atoms with Gasteiger partial charge < -0.3 is 9.47 Å². The molecule has 0 amide bonds. The number of methoxy groups -OCH3 is 1. The molecule has 4 nitrogen and oxygen atoms in total. The molecule has 1 rings (SSSR count). The van der Waals surface area contributed by atoms with E-state index in [9.17, 15) is 14.0 Å². The Morgan fingerprint density at radius 1 is 1.28 bits per heavy atom. The van der Waals surface area contributed by atoms with Crippen molar-refractivity contribution in [2.45, 2.75) is 13.0 Å². The highest BCUT2D eigenvalue weighted by atomic mass is 19.1. The highest BCUT2D eigenvalue weighted by molar-refractivity contribution is 5.89. The van der Waals surface area contributed by atoms with Gasteiger partial charge in [0.15, 0.2) is 6.10 Å². The quantitative estimate of drug-likeness (QED) is 0.608. The maximum atomic E-state index is 12.8. The standard InChI is InChI=1S/C13H13FO4/c1-8(13(16)17-3)12(18-9(2)15)10-4-6-11(14)7-5-10/h4-7,12H,1H2,2-3H3. The van der Waals surface area contributed by atoms with Crippen LogP contribution in [-0.4, -0.2) is 19.0 Å². The van der Waals surface area contributed by atoms with Crippen LogP contribution >= 0.6 is 0 Å². The molecule has 5 heteroatoms. The molecule has 0 aliphatic rings. The fourth-order valence-corrected chi connectivity index (χ4v) is 1.38. The van der Waals surface area contributed by atoms with Crippen molar-refractivity contribution in [2.75, 3.05) is 7.11 Å². The van der Waals surface area contributed by atoms with Gasteiger partial charge in [0, 0.05) is 6.92 Å². The Morgan fingerprint density at radius 3 is 2.28 bits per heavy atom. The first kappa shape index (κ1) is 13.9. The van der Waals surface area contributed by atoms with E-state index in [1.165, 1.54) is 38.3 Å². The van der Waals surface area contributed by atoms with E-state index in [1.807, 2.05) is 0 Å². The molecule has 0 saturated carbocycles. The number of hydrogen-bond donors (Lipinski definition) is 0. The normalized spacial score (nSPS) is 11.5. The average molecular weight is 252 g/mol. The topological polar surface area (TPSA) is 52.6 Å². The summed E-state index contributed by atoms with van der Waals surface area (Å²) < 4.78 is 22.3. The summed E-state index contributed by atoms with van der Waals surface area (Å²) in [4.78, 5) is 22.4. The Hall–Kier alpha value is -2.17. The van der Waals surface area contributed by atoms with Crippen LogP contribution < -0.4 is 0 Å². The predicted octanol–water partition coefficient (Wildman–Crippen LogP) is 2.16. The first-order valence-electron chi connectivity index (χ1n) is 5.15. The highest BCUT2D eigenvalue weighted by Crippen LogP contribution is 2.26.